The molecule has 1 fully saturated rings. The smallest absolute Gasteiger partial charge is 0.412 e. The second-order valence-electron chi connectivity index (χ2n) is 8.05. The zero-order chi connectivity index (χ0) is 22.2. The van der Waals surface area contributed by atoms with E-state index in [2.05, 4.69) is 22.4 Å². The monoisotopic (exact) mass is 433 g/mol. The summed E-state index contributed by atoms with van der Waals surface area (Å²) in [7, 11) is 0. The van der Waals surface area contributed by atoms with E-state index in [1.54, 1.807) is 6.92 Å². The van der Waals surface area contributed by atoms with Crippen LogP contribution in [0.2, 0.25) is 0 Å². The number of hydrogen-bond donors (Lipinski definition) is 2. The topological polar surface area (TPSA) is 103 Å². The molecule has 2 aromatic carbocycles. The molecule has 0 saturated carbocycles. The number of anilines is 1. The van der Waals surface area contributed by atoms with Gasteiger partial charge in [-0.25, -0.2) is 9.59 Å². The molecular formula is C24H23N3O5. The maximum absolute atomic E-state index is 12.4. The van der Waals surface area contributed by atoms with E-state index in [1.165, 1.54) is 16.8 Å². The van der Waals surface area contributed by atoms with Crippen LogP contribution in [0.5, 0.6) is 0 Å². The van der Waals surface area contributed by atoms with Crippen molar-refractivity contribution in [2.75, 3.05) is 11.9 Å². The highest BCUT2D eigenvalue weighted by Gasteiger charge is 2.32. The van der Waals surface area contributed by atoms with Crippen molar-refractivity contribution in [2.24, 2.45) is 0 Å². The summed E-state index contributed by atoms with van der Waals surface area (Å²) >= 11 is 0. The van der Waals surface area contributed by atoms with Crippen molar-refractivity contribution < 1.29 is 19.4 Å². The molecule has 1 unspecified atom stereocenters. The molecule has 1 aliphatic heterocycles. The van der Waals surface area contributed by atoms with Gasteiger partial charge in [-0.15, -0.1) is 0 Å². The number of aliphatic hydroxyl groups excluding tert-OH is 1. The first-order valence-electron chi connectivity index (χ1n) is 10.6. The van der Waals surface area contributed by atoms with E-state index in [1.807, 2.05) is 36.4 Å². The van der Waals surface area contributed by atoms with Crippen LogP contribution >= 0.6 is 0 Å². The number of hydrogen-bond acceptors (Lipinski definition) is 6. The van der Waals surface area contributed by atoms with Gasteiger partial charge in [-0.1, -0.05) is 48.5 Å². The molecule has 32 heavy (non-hydrogen) atoms. The molecule has 8 nitrogen and oxygen atoms in total. The van der Waals surface area contributed by atoms with E-state index in [0.717, 1.165) is 22.3 Å². The zero-order valence-electron chi connectivity index (χ0n) is 17.5. The maximum Gasteiger partial charge on any atom is 0.412 e. The van der Waals surface area contributed by atoms with E-state index < -0.39 is 24.1 Å². The summed E-state index contributed by atoms with van der Waals surface area (Å²) < 4.78 is 12.4. The molecule has 2 N–H and O–H groups in total. The molecule has 164 valence electrons. The Bertz CT molecular complexity index is 1170. The third-order valence-corrected chi connectivity index (χ3v) is 6.07. The molecule has 0 spiro atoms. The Labute approximate surface area is 184 Å². The first-order chi connectivity index (χ1) is 15.5. The summed E-state index contributed by atoms with van der Waals surface area (Å²) in [6.45, 7) is 1.92. The van der Waals surface area contributed by atoms with Crippen molar-refractivity contribution in [1.82, 2.24) is 9.55 Å². The molecule has 3 atom stereocenters. The lowest BCUT2D eigenvalue weighted by molar-refractivity contribution is -0.0100. The summed E-state index contributed by atoms with van der Waals surface area (Å²) in [6.07, 6.45) is -0.455. The normalized spacial score (nSPS) is 21.8. The average molecular weight is 433 g/mol. The van der Waals surface area contributed by atoms with Gasteiger partial charge >= 0.3 is 11.8 Å². The fraction of sp³-hybridized carbons (Fsp3) is 0.292. The SMILES string of the molecule is C[C@H]1O[C@@H](n2ccc(NC(=O)OCC3c4ccccc4-c4ccccc43)nc2=O)CC1O. The Kier molecular flexibility index (Phi) is 5.24. The van der Waals surface area contributed by atoms with Crippen molar-refractivity contribution in [1.29, 1.82) is 0 Å². The van der Waals surface area contributed by atoms with Crippen LogP contribution in [0.4, 0.5) is 10.6 Å². The second kappa shape index (κ2) is 8.22. The van der Waals surface area contributed by atoms with Crippen molar-refractivity contribution >= 4 is 11.9 Å². The summed E-state index contributed by atoms with van der Waals surface area (Å²) in [5, 5.41) is 12.3. The molecule has 1 aromatic heterocycles. The molecule has 8 heteroatoms. The summed E-state index contributed by atoms with van der Waals surface area (Å²) in [4.78, 5) is 28.6. The first-order valence-corrected chi connectivity index (χ1v) is 10.6. The van der Waals surface area contributed by atoms with Gasteiger partial charge in [0.25, 0.3) is 0 Å². The van der Waals surface area contributed by atoms with Gasteiger partial charge in [0.1, 0.15) is 18.7 Å². The van der Waals surface area contributed by atoms with E-state index >= 15 is 0 Å². The fourth-order valence-electron chi connectivity index (χ4n) is 4.41. The van der Waals surface area contributed by atoms with Crippen LogP contribution in [0, 0.1) is 0 Å². The minimum absolute atomic E-state index is 0.0537. The van der Waals surface area contributed by atoms with Gasteiger partial charge in [0.2, 0.25) is 0 Å². The highest BCUT2D eigenvalue weighted by Crippen LogP contribution is 2.44. The number of nitrogens with one attached hydrogen (secondary N) is 1. The van der Waals surface area contributed by atoms with E-state index in [-0.39, 0.29) is 24.4 Å². The van der Waals surface area contributed by atoms with Crippen molar-refractivity contribution in [2.45, 2.75) is 37.7 Å². The van der Waals surface area contributed by atoms with Gasteiger partial charge in [0.05, 0.1) is 12.2 Å². The fourth-order valence-corrected chi connectivity index (χ4v) is 4.41. The lowest BCUT2D eigenvalue weighted by atomic mass is 9.98. The number of aromatic nitrogens is 2. The second-order valence-corrected chi connectivity index (χ2v) is 8.05. The van der Waals surface area contributed by atoms with Crippen LogP contribution in [0.15, 0.2) is 65.6 Å². The van der Waals surface area contributed by atoms with Gasteiger partial charge < -0.3 is 14.6 Å². The van der Waals surface area contributed by atoms with Gasteiger partial charge in [-0.05, 0) is 35.2 Å². The van der Waals surface area contributed by atoms with Gasteiger partial charge in [0, 0.05) is 18.5 Å². The zero-order valence-corrected chi connectivity index (χ0v) is 17.5. The molecule has 2 heterocycles. The highest BCUT2D eigenvalue weighted by molar-refractivity contribution is 5.83. The Balaban J connectivity index is 1.25. The Morgan fingerprint density at radius 2 is 1.81 bits per heavy atom. The predicted molar refractivity (Wildman–Crippen MR) is 117 cm³/mol. The molecular weight excluding hydrogens is 410 g/mol. The number of ether oxygens (including phenoxy) is 2. The number of carbonyl (C=O) groups excluding carboxylic acids is 1. The van der Waals surface area contributed by atoms with Gasteiger partial charge in [0.15, 0.2) is 0 Å². The molecule has 1 saturated heterocycles. The van der Waals surface area contributed by atoms with Crippen LogP contribution < -0.4 is 11.0 Å². The van der Waals surface area contributed by atoms with Crippen molar-refractivity contribution in [3.8, 4) is 11.1 Å². The van der Waals surface area contributed by atoms with Crippen LogP contribution in [0.1, 0.15) is 36.6 Å². The van der Waals surface area contributed by atoms with Crippen LogP contribution in [0.3, 0.4) is 0 Å². The Hall–Kier alpha value is -3.49. The summed E-state index contributed by atoms with van der Waals surface area (Å²) in [6, 6.07) is 17.7. The quantitative estimate of drug-likeness (QED) is 0.655. The predicted octanol–water partition coefficient (Wildman–Crippen LogP) is 3.27. The standard InChI is InChI=1S/C24H23N3O5/c1-14-20(28)12-22(32-14)27-11-10-21(25-23(27)29)26-24(30)31-13-19-17-8-4-2-6-15(17)16-7-3-5-9-18(16)19/h2-11,14,19-20,22,28H,12-13H2,1H3,(H,25,26,29,30)/t14-,20?,22-/m1/s1. The number of amides is 1. The lowest BCUT2D eigenvalue weighted by Crippen LogP contribution is -2.28. The Morgan fingerprint density at radius 1 is 1.16 bits per heavy atom. The van der Waals surface area contributed by atoms with Crippen LogP contribution in [-0.4, -0.2) is 39.6 Å². The third-order valence-electron chi connectivity index (χ3n) is 6.07. The van der Waals surface area contributed by atoms with Crippen molar-refractivity contribution in [3.05, 3.63) is 82.4 Å². The number of benzene rings is 2. The lowest BCUT2D eigenvalue weighted by Gasteiger charge is -2.15. The molecule has 0 radical (unpaired) electrons. The number of aliphatic hydroxyl groups is 1. The van der Waals surface area contributed by atoms with E-state index in [9.17, 15) is 14.7 Å². The molecule has 0 bridgehead atoms. The number of rotatable bonds is 4. The van der Waals surface area contributed by atoms with Gasteiger partial charge in [-0.2, -0.15) is 4.98 Å². The maximum atomic E-state index is 12.4. The van der Waals surface area contributed by atoms with E-state index in [4.69, 9.17) is 9.47 Å². The average Bonchev–Trinajstić information content (AvgIpc) is 3.29. The molecule has 5 rings (SSSR count). The molecule has 3 aromatic rings. The third kappa shape index (κ3) is 3.68. The highest BCUT2D eigenvalue weighted by atomic mass is 16.5. The number of nitrogens with zero attached hydrogens (tertiary/aromatic N) is 2. The van der Waals surface area contributed by atoms with Crippen LogP contribution in [-0.2, 0) is 9.47 Å². The largest absolute Gasteiger partial charge is 0.448 e. The summed E-state index contributed by atoms with van der Waals surface area (Å²) in [5.74, 6) is 0.0390. The number of carbonyl (C=O) groups is 1. The minimum Gasteiger partial charge on any atom is -0.448 e. The van der Waals surface area contributed by atoms with Crippen molar-refractivity contribution in [3.63, 3.8) is 0 Å². The Morgan fingerprint density at radius 3 is 2.41 bits per heavy atom. The summed E-state index contributed by atoms with van der Waals surface area (Å²) in [5.41, 5.74) is 3.96. The molecule has 1 aliphatic carbocycles. The number of fused-ring (bicyclic) bond motifs is 3. The first kappa shape index (κ1) is 20.4. The van der Waals surface area contributed by atoms with Crippen LogP contribution in [0.25, 0.3) is 11.1 Å². The molecule has 2 aliphatic rings. The van der Waals surface area contributed by atoms with Gasteiger partial charge in [-0.3, -0.25) is 9.88 Å². The van der Waals surface area contributed by atoms with E-state index in [0.29, 0.717) is 6.42 Å². The molecule has 1 amide bonds. The minimum atomic E-state index is -0.683.